The Labute approximate surface area is 493 Å². The van der Waals surface area contributed by atoms with Crippen LogP contribution in [-0.2, 0) is 9.59 Å². The number of unbranched alkanes of at least 4 members (excludes halogenated alkanes) is 4. The van der Waals surface area contributed by atoms with Crippen molar-refractivity contribution in [1.82, 2.24) is 19.6 Å². The molecule has 12 heteroatoms. The van der Waals surface area contributed by atoms with Crippen molar-refractivity contribution in [2.45, 2.75) is 158 Å². The van der Waals surface area contributed by atoms with Crippen LogP contribution in [0.3, 0.4) is 0 Å². The Bertz CT molecular complexity index is 3250. The van der Waals surface area contributed by atoms with Crippen LogP contribution in [-0.4, -0.2) is 81.2 Å². The van der Waals surface area contributed by atoms with Crippen molar-refractivity contribution in [2.75, 3.05) is 26.2 Å². The summed E-state index contributed by atoms with van der Waals surface area (Å²) in [6.07, 6.45) is 15.8. The average molecular weight is 1140 g/mol. The van der Waals surface area contributed by atoms with E-state index in [-0.39, 0.29) is 59.1 Å². The lowest BCUT2D eigenvalue weighted by molar-refractivity contribution is -0.124. The molecule has 0 aliphatic carbocycles. The molecule has 0 saturated heterocycles. The van der Waals surface area contributed by atoms with Crippen LogP contribution in [0, 0.1) is 23.7 Å². The normalized spacial score (nSPS) is 16.8. The van der Waals surface area contributed by atoms with Crippen molar-refractivity contribution in [3.8, 4) is 20.9 Å². The molecule has 4 aliphatic heterocycles. The zero-order valence-corrected chi connectivity index (χ0v) is 51.2. The van der Waals surface area contributed by atoms with Gasteiger partial charge in [0.1, 0.15) is 0 Å². The SMILES string of the molecule is CCCCC(CC)CN1C(=O)c2cccc3c(-c4ccc(C5=C6C(=O)N(CC(CC)CCCC)C(c7ccc(-c8ccc9c%10c(cccc8%10)C(=O)N(CC(CC)CCCC)C9=O)s7)=C6C(=O)N5CC(CC)CCCC)s4)ccc(c23)C1=O. The zero-order chi connectivity index (χ0) is 57.9. The number of fused-ring (bicyclic) bond motifs is 1. The predicted molar refractivity (Wildman–Crippen MR) is 336 cm³/mol. The molecule has 10 rings (SSSR count). The van der Waals surface area contributed by atoms with Crippen molar-refractivity contribution in [2.24, 2.45) is 23.7 Å². The lowest BCUT2D eigenvalue weighted by atomic mass is 9.89. The molecule has 4 atom stereocenters. The van der Waals surface area contributed by atoms with Crippen LogP contribution in [0.25, 0.3) is 53.8 Å². The van der Waals surface area contributed by atoms with Crippen molar-refractivity contribution < 1.29 is 28.8 Å². The summed E-state index contributed by atoms with van der Waals surface area (Å²) in [4.78, 5) is 99.0. The fourth-order valence-corrected chi connectivity index (χ4v) is 15.4. The second-order valence-electron chi connectivity index (χ2n) is 23.5. The van der Waals surface area contributed by atoms with Crippen molar-refractivity contribution >= 4 is 91.1 Å². The van der Waals surface area contributed by atoms with Gasteiger partial charge >= 0.3 is 0 Å². The third-order valence-electron chi connectivity index (χ3n) is 18.3. The molecular weight excluding hydrogens is 1060 g/mol. The lowest BCUT2D eigenvalue weighted by Crippen LogP contribution is -2.43. The van der Waals surface area contributed by atoms with Crippen molar-refractivity contribution in [1.29, 1.82) is 0 Å². The first-order chi connectivity index (χ1) is 39.9. The van der Waals surface area contributed by atoms with E-state index in [9.17, 15) is 19.2 Å². The van der Waals surface area contributed by atoms with E-state index >= 15 is 9.59 Å². The number of amides is 6. The zero-order valence-electron chi connectivity index (χ0n) is 49.6. The summed E-state index contributed by atoms with van der Waals surface area (Å²) in [6, 6.07) is 27.4. The van der Waals surface area contributed by atoms with E-state index < -0.39 is 0 Å². The number of thiophene rings is 2. The minimum atomic E-state index is -0.252. The van der Waals surface area contributed by atoms with Gasteiger partial charge < -0.3 is 9.80 Å². The van der Waals surface area contributed by atoms with Gasteiger partial charge in [-0.1, -0.05) is 169 Å². The van der Waals surface area contributed by atoms with E-state index in [4.69, 9.17) is 0 Å². The van der Waals surface area contributed by atoms with Gasteiger partial charge in [-0.25, -0.2) is 0 Å². The number of carbonyl (C=O) groups excluding carboxylic acids is 6. The third kappa shape index (κ3) is 10.8. The van der Waals surface area contributed by atoms with Crippen LogP contribution < -0.4 is 0 Å². The smallest absolute Gasteiger partial charge is 0.261 e. The highest BCUT2D eigenvalue weighted by Crippen LogP contribution is 2.52. The molecule has 0 saturated carbocycles. The minimum Gasteiger partial charge on any atom is -0.306 e. The number of benzene rings is 4. The number of hydrogen-bond donors (Lipinski definition) is 0. The van der Waals surface area contributed by atoms with Gasteiger partial charge in [0.2, 0.25) is 0 Å². The Morgan fingerprint density at radius 2 is 0.622 bits per heavy atom. The molecule has 0 radical (unpaired) electrons. The van der Waals surface area contributed by atoms with E-state index in [1.54, 1.807) is 0 Å². The highest BCUT2D eigenvalue weighted by molar-refractivity contribution is 7.17. The fraction of sp³-hybridized carbons (Fsp3) is 0.457. The summed E-state index contributed by atoms with van der Waals surface area (Å²) in [7, 11) is 0. The first-order valence-corrected chi connectivity index (χ1v) is 32.7. The molecule has 6 amide bonds. The molecule has 4 aromatic carbocycles. The molecule has 82 heavy (non-hydrogen) atoms. The second-order valence-corrected chi connectivity index (χ2v) is 25.7. The first kappa shape index (κ1) is 58.7. The van der Waals surface area contributed by atoms with Gasteiger partial charge in [-0.15, -0.1) is 22.7 Å². The monoisotopic (exact) mass is 1140 g/mol. The maximum atomic E-state index is 15.8. The standard InChI is InChI=1S/C70H82N4O6S2/c1-9-17-23-43(13-5)39-71-63(57-37-35-55(81-57)47-31-33-53-59-49(47)27-21-29-51(59)65(75)73(67(53)77)41-45(15-7)25-19-11-3)61-62(69(71)79)64(72(70(61)80)40-44(14-6)24-18-10-2)58-38-36-56(82-58)48-32-34-54-60-50(48)28-22-30-52(60)66(76)74(68(54)78)42-46(16-8)26-20-12-4/h21-22,27-38,43-46H,9-20,23-26,39-42H2,1-8H3. The molecule has 0 bridgehead atoms. The molecule has 430 valence electrons. The Morgan fingerprint density at radius 1 is 0.329 bits per heavy atom. The topological polar surface area (TPSA) is 115 Å². The van der Waals surface area contributed by atoms with E-state index in [0.717, 1.165) is 144 Å². The van der Waals surface area contributed by atoms with E-state index in [1.807, 2.05) is 82.6 Å². The maximum absolute atomic E-state index is 15.8. The van der Waals surface area contributed by atoms with Crippen LogP contribution in [0.4, 0.5) is 0 Å². The minimum absolute atomic E-state index is 0.163. The third-order valence-corrected chi connectivity index (χ3v) is 20.6. The number of carbonyl (C=O) groups is 6. The average Bonchev–Trinajstić information content (AvgIpc) is 1.71. The molecule has 4 aliphatic rings. The van der Waals surface area contributed by atoms with Crippen molar-refractivity contribution in [3.63, 3.8) is 0 Å². The number of imide groups is 2. The predicted octanol–water partition coefficient (Wildman–Crippen LogP) is 17.3. The van der Waals surface area contributed by atoms with Crippen LogP contribution >= 0.6 is 22.7 Å². The van der Waals surface area contributed by atoms with Gasteiger partial charge in [0.15, 0.2) is 0 Å². The molecule has 6 aromatic rings. The molecule has 0 spiro atoms. The van der Waals surface area contributed by atoms with E-state index in [1.165, 1.54) is 32.5 Å². The van der Waals surface area contributed by atoms with Gasteiger partial charge in [0.25, 0.3) is 35.4 Å². The quantitative estimate of drug-likeness (QED) is 0.0452. The Morgan fingerprint density at radius 3 is 0.939 bits per heavy atom. The summed E-state index contributed by atoms with van der Waals surface area (Å²) in [5.41, 5.74) is 6.09. The van der Waals surface area contributed by atoms with Crippen LogP contribution in [0.15, 0.2) is 96.1 Å². The maximum Gasteiger partial charge on any atom is 0.261 e. The van der Waals surface area contributed by atoms with Gasteiger partial charge in [0.05, 0.1) is 32.3 Å². The summed E-state index contributed by atoms with van der Waals surface area (Å²) < 4.78 is 0. The highest BCUT2D eigenvalue weighted by atomic mass is 32.1. The van der Waals surface area contributed by atoms with E-state index in [0.29, 0.717) is 81.7 Å². The molecule has 6 heterocycles. The van der Waals surface area contributed by atoms with Gasteiger partial charge in [-0.05, 0) is 120 Å². The molecule has 10 nitrogen and oxygen atoms in total. The molecule has 2 aromatic heterocycles. The highest BCUT2D eigenvalue weighted by Gasteiger charge is 2.50. The molecule has 0 N–H and O–H groups in total. The summed E-state index contributed by atoms with van der Waals surface area (Å²) in [5, 5.41) is 2.98. The van der Waals surface area contributed by atoms with E-state index in [2.05, 4.69) is 67.5 Å². The van der Waals surface area contributed by atoms with Gasteiger partial charge in [-0.3, -0.25) is 38.6 Å². The number of nitrogens with zero attached hydrogens (tertiary/aromatic N) is 4. The molecular formula is C70H82N4O6S2. The second kappa shape index (κ2) is 25.6. The first-order valence-electron chi connectivity index (χ1n) is 31.0. The van der Waals surface area contributed by atoms with Crippen LogP contribution in [0.5, 0.6) is 0 Å². The van der Waals surface area contributed by atoms with Crippen LogP contribution in [0.1, 0.15) is 209 Å². The largest absolute Gasteiger partial charge is 0.306 e. The summed E-state index contributed by atoms with van der Waals surface area (Å²) >= 11 is 3.08. The summed E-state index contributed by atoms with van der Waals surface area (Å²) in [5.74, 6) is -0.438. The van der Waals surface area contributed by atoms with Crippen LogP contribution in [0.2, 0.25) is 0 Å². The molecule has 4 unspecified atom stereocenters. The van der Waals surface area contributed by atoms with Gasteiger partial charge in [-0.2, -0.15) is 0 Å². The number of hydrogen-bond acceptors (Lipinski definition) is 8. The number of rotatable bonds is 28. The Hall–Kier alpha value is -6.50. The van der Waals surface area contributed by atoms with Gasteiger partial charge in [0, 0.05) is 69.0 Å². The fourth-order valence-electron chi connectivity index (χ4n) is 13.2. The summed E-state index contributed by atoms with van der Waals surface area (Å²) in [6.45, 7) is 19.1. The lowest BCUT2D eigenvalue weighted by Gasteiger charge is -2.30. The Balaban J connectivity index is 1.08. The Kier molecular flexibility index (Phi) is 18.3. The van der Waals surface area contributed by atoms with Crippen molar-refractivity contribution in [3.05, 3.63) is 128 Å². The molecule has 0 fully saturated rings.